The van der Waals surface area contributed by atoms with Gasteiger partial charge in [-0.3, -0.25) is 9.59 Å². The van der Waals surface area contributed by atoms with Crippen LogP contribution in [-0.2, 0) is 4.79 Å². The number of rotatable bonds is 5. The normalized spacial score (nSPS) is 10.6. The Morgan fingerprint density at radius 2 is 2.21 bits per heavy atom. The highest BCUT2D eigenvalue weighted by atomic mass is 32.1. The first kappa shape index (κ1) is 13.5. The van der Waals surface area contributed by atoms with Gasteiger partial charge in [0.2, 0.25) is 0 Å². The molecule has 1 amide bonds. The quantitative estimate of drug-likeness (QED) is 0.910. The molecule has 0 saturated heterocycles. The van der Waals surface area contributed by atoms with Crippen molar-refractivity contribution < 1.29 is 14.7 Å². The molecule has 100 valence electrons. The van der Waals surface area contributed by atoms with Gasteiger partial charge in [0.1, 0.15) is 0 Å². The fourth-order valence-electron chi connectivity index (χ4n) is 1.80. The zero-order valence-electron chi connectivity index (χ0n) is 10.5. The monoisotopic (exact) mass is 278 g/mol. The van der Waals surface area contributed by atoms with E-state index in [4.69, 9.17) is 5.11 Å². The molecule has 0 radical (unpaired) electrons. The smallest absolute Gasteiger partial charge is 0.305 e. The standard InChI is InChI=1S/C13H14N2O3S/c1-2-15(6-5-12(16)17)13(18)9-3-4-10-11(7-9)19-8-14-10/h3-4,7-8H,2,5-6H2,1H3,(H,16,17). The SMILES string of the molecule is CCN(CCC(=O)O)C(=O)c1ccc2ncsc2c1. The van der Waals surface area contributed by atoms with Crippen molar-refractivity contribution in [1.82, 2.24) is 9.88 Å². The summed E-state index contributed by atoms with van der Waals surface area (Å²) in [5.41, 5.74) is 3.18. The van der Waals surface area contributed by atoms with Crippen LogP contribution >= 0.6 is 11.3 Å². The maximum Gasteiger partial charge on any atom is 0.305 e. The van der Waals surface area contributed by atoms with Crippen molar-refractivity contribution in [2.75, 3.05) is 13.1 Å². The van der Waals surface area contributed by atoms with E-state index in [9.17, 15) is 9.59 Å². The van der Waals surface area contributed by atoms with Crippen LogP contribution in [0.15, 0.2) is 23.7 Å². The number of hydrogen-bond acceptors (Lipinski definition) is 4. The van der Waals surface area contributed by atoms with Gasteiger partial charge in [-0.15, -0.1) is 11.3 Å². The molecule has 0 atom stereocenters. The first-order valence-corrected chi connectivity index (χ1v) is 6.84. The summed E-state index contributed by atoms with van der Waals surface area (Å²) < 4.78 is 0.958. The van der Waals surface area contributed by atoms with Gasteiger partial charge in [0.25, 0.3) is 5.91 Å². The van der Waals surface area contributed by atoms with E-state index < -0.39 is 5.97 Å². The minimum Gasteiger partial charge on any atom is -0.481 e. The summed E-state index contributed by atoms with van der Waals surface area (Å²) >= 11 is 1.48. The first-order valence-electron chi connectivity index (χ1n) is 5.96. The molecule has 0 saturated carbocycles. The van der Waals surface area contributed by atoms with Crippen LogP contribution in [-0.4, -0.2) is 40.0 Å². The number of fused-ring (bicyclic) bond motifs is 1. The summed E-state index contributed by atoms with van der Waals surface area (Å²) in [6, 6.07) is 5.34. The van der Waals surface area contributed by atoms with Crippen molar-refractivity contribution >= 4 is 33.4 Å². The van der Waals surface area contributed by atoms with Gasteiger partial charge >= 0.3 is 5.97 Å². The topological polar surface area (TPSA) is 70.5 Å². The van der Waals surface area contributed by atoms with Crippen LogP contribution in [0.4, 0.5) is 0 Å². The maximum absolute atomic E-state index is 12.3. The second kappa shape index (κ2) is 5.79. The lowest BCUT2D eigenvalue weighted by molar-refractivity contribution is -0.137. The number of carboxylic acids is 1. The van der Waals surface area contributed by atoms with Crippen LogP contribution in [0.1, 0.15) is 23.7 Å². The van der Waals surface area contributed by atoms with Gasteiger partial charge in [-0.2, -0.15) is 0 Å². The molecule has 2 rings (SSSR count). The van der Waals surface area contributed by atoms with E-state index in [1.54, 1.807) is 17.6 Å². The van der Waals surface area contributed by atoms with Gasteiger partial charge in [0.05, 0.1) is 22.1 Å². The number of carbonyl (C=O) groups excluding carboxylic acids is 1. The van der Waals surface area contributed by atoms with Crippen molar-refractivity contribution in [2.24, 2.45) is 0 Å². The van der Waals surface area contributed by atoms with E-state index >= 15 is 0 Å². The van der Waals surface area contributed by atoms with Gasteiger partial charge in [-0.25, -0.2) is 4.98 Å². The largest absolute Gasteiger partial charge is 0.481 e. The van der Waals surface area contributed by atoms with E-state index in [0.717, 1.165) is 10.2 Å². The number of aliphatic carboxylic acids is 1. The molecule has 19 heavy (non-hydrogen) atoms. The zero-order valence-corrected chi connectivity index (χ0v) is 11.3. The molecule has 0 aliphatic rings. The van der Waals surface area contributed by atoms with Gasteiger partial charge in [-0.05, 0) is 25.1 Å². The van der Waals surface area contributed by atoms with Crippen LogP contribution in [0, 0.1) is 0 Å². The number of aromatic nitrogens is 1. The Morgan fingerprint density at radius 3 is 2.89 bits per heavy atom. The lowest BCUT2D eigenvalue weighted by Crippen LogP contribution is -2.32. The molecule has 1 N–H and O–H groups in total. The van der Waals surface area contributed by atoms with Crippen LogP contribution in [0.2, 0.25) is 0 Å². The van der Waals surface area contributed by atoms with Gasteiger partial charge in [0.15, 0.2) is 0 Å². The molecule has 2 aromatic rings. The van der Waals surface area contributed by atoms with Crippen molar-refractivity contribution in [2.45, 2.75) is 13.3 Å². The predicted octanol–water partition coefficient (Wildman–Crippen LogP) is 2.23. The summed E-state index contributed by atoms with van der Waals surface area (Å²) in [5.74, 6) is -1.04. The number of nitrogens with zero attached hydrogens (tertiary/aromatic N) is 2. The highest BCUT2D eigenvalue weighted by Gasteiger charge is 2.15. The molecular formula is C13H14N2O3S. The lowest BCUT2D eigenvalue weighted by atomic mass is 10.2. The van der Waals surface area contributed by atoms with Crippen LogP contribution in [0.5, 0.6) is 0 Å². The molecule has 0 spiro atoms. The predicted molar refractivity (Wildman–Crippen MR) is 73.5 cm³/mol. The van der Waals surface area contributed by atoms with Gasteiger partial charge < -0.3 is 10.0 Å². The Labute approximate surface area is 114 Å². The maximum atomic E-state index is 12.3. The molecule has 0 aliphatic heterocycles. The summed E-state index contributed by atoms with van der Waals surface area (Å²) in [5, 5.41) is 8.68. The number of thiazole rings is 1. The second-order valence-corrected chi connectivity index (χ2v) is 4.95. The molecule has 1 aromatic heterocycles. The van der Waals surface area contributed by atoms with E-state index in [1.807, 2.05) is 13.0 Å². The molecule has 5 nitrogen and oxygen atoms in total. The fraction of sp³-hybridized carbons (Fsp3) is 0.308. The minimum atomic E-state index is -0.899. The highest BCUT2D eigenvalue weighted by Crippen LogP contribution is 2.20. The summed E-state index contributed by atoms with van der Waals surface area (Å²) in [6.07, 6.45) is -0.0393. The number of hydrogen-bond donors (Lipinski definition) is 1. The van der Waals surface area contributed by atoms with E-state index in [0.29, 0.717) is 12.1 Å². The Hall–Kier alpha value is -1.95. The number of carbonyl (C=O) groups is 2. The summed E-state index contributed by atoms with van der Waals surface area (Å²) in [6.45, 7) is 2.56. The highest BCUT2D eigenvalue weighted by molar-refractivity contribution is 7.16. The molecule has 1 heterocycles. The number of benzene rings is 1. The molecule has 0 aliphatic carbocycles. The molecule has 0 fully saturated rings. The molecule has 0 bridgehead atoms. The van der Waals surface area contributed by atoms with Crippen LogP contribution in [0.3, 0.4) is 0 Å². The first-order chi connectivity index (χ1) is 9.11. The summed E-state index contributed by atoms with van der Waals surface area (Å²) in [4.78, 5) is 28.5. The second-order valence-electron chi connectivity index (χ2n) is 4.06. The van der Waals surface area contributed by atoms with E-state index in [1.165, 1.54) is 16.2 Å². The third-order valence-corrected chi connectivity index (χ3v) is 3.63. The van der Waals surface area contributed by atoms with Crippen LogP contribution in [0.25, 0.3) is 10.2 Å². The van der Waals surface area contributed by atoms with Gasteiger partial charge in [-0.1, -0.05) is 0 Å². The molecule has 1 aromatic carbocycles. The third-order valence-electron chi connectivity index (χ3n) is 2.84. The number of carboxylic acid groups (broad SMARTS) is 1. The Kier molecular flexibility index (Phi) is 4.11. The number of amides is 1. The zero-order chi connectivity index (χ0) is 13.8. The Balaban J connectivity index is 2.18. The average Bonchev–Trinajstić information content (AvgIpc) is 2.85. The Morgan fingerprint density at radius 1 is 1.42 bits per heavy atom. The lowest BCUT2D eigenvalue weighted by Gasteiger charge is -2.19. The summed E-state index contributed by atoms with van der Waals surface area (Å²) in [7, 11) is 0. The fourth-order valence-corrected chi connectivity index (χ4v) is 2.52. The molecule has 6 heteroatoms. The van der Waals surface area contributed by atoms with Gasteiger partial charge in [0, 0.05) is 18.7 Å². The molecule has 0 unspecified atom stereocenters. The molecular weight excluding hydrogens is 264 g/mol. The Bertz CT molecular complexity index is 609. The van der Waals surface area contributed by atoms with Crippen LogP contribution < -0.4 is 0 Å². The van der Waals surface area contributed by atoms with Crippen molar-refractivity contribution in [3.8, 4) is 0 Å². The van der Waals surface area contributed by atoms with Crippen molar-refractivity contribution in [3.05, 3.63) is 29.3 Å². The third kappa shape index (κ3) is 3.08. The van der Waals surface area contributed by atoms with Crippen molar-refractivity contribution in [1.29, 1.82) is 0 Å². The van der Waals surface area contributed by atoms with E-state index in [2.05, 4.69) is 4.98 Å². The van der Waals surface area contributed by atoms with Crippen molar-refractivity contribution in [3.63, 3.8) is 0 Å². The average molecular weight is 278 g/mol. The minimum absolute atomic E-state index is 0.0393. The van der Waals surface area contributed by atoms with E-state index in [-0.39, 0.29) is 18.9 Å².